The molecule has 0 aromatic heterocycles. The van der Waals surface area contributed by atoms with Gasteiger partial charge in [0.1, 0.15) is 23.0 Å². The Bertz CT molecular complexity index is 1830. The molecule has 0 saturated carbocycles. The van der Waals surface area contributed by atoms with Crippen LogP contribution in [0.25, 0.3) is 22.3 Å². The van der Waals surface area contributed by atoms with Gasteiger partial charge >= 0.3 is 0 Å². The fraction of sp³-hybridized carbons (Fsp3) is 0.189. The zero-order valence-corrected chi connectivity index (χ0v) is 23.4. The van der Waals surface area contributed by atoms with Crippen molar-refractivity contribution >= 4 is 23.1 Å². The third-order valence-corrected chi connectivity index (χ3v) is 9.21. The molecule has 5 aromatic rings. The molecule has 0 saturated heterocycles. The van der Waals surface area contributed by atoms with Crippen LogP contribution in [-0.4, -0.2) is 6.71 Å². The first-order valence-corrected chi connectivity index (χ1v) is 14.3. The van der Waals surface area contributed by atoms with Gasteiger partial charge in [0, 0.05) is 16.6 Å². The molecule has 0 unspecified atom stereocenters. The molecule has 8 rings (SSSR count). The summed E-state index contributed by atoms with van der Waals surface area (Å²) in [5.74, 6) is 3.63. The van der Waals surface area contributed by atoms with E-state index in [0.717, 1.165) is 51.6 Å². The Morgan fingerprint density at radius 3 is 1.77 bits per heavy atom. The summed E-state index contributed by atoms with van der Waals surface area (Å²) < 4.78 is 13.4. The molecule has 0 fully saturated rings. The van der Waals surface area contributed by atoms with Gasteiger partial charge < -0.3 is 9.47 Å². The highest BCUT2D eigenvalue weighted by Crippen LogP contribution is 2.51. The molecular weight excluding hydrogens is 487 g/mol. The van der Waals surface area contributed by atoms with Gasteiger partial charge in [-0.1, -0.05) is 119 Å². The maximum absolute atomic E-state index is 6.77. The third kappa shape index (κ3) is 3.30. The van der Waals surface area contributed by atoms with Gasteiger partial charge in [-0.05, 0) is 62.6 Å². The summed E-state index contributed by atoms with van der Waals surface area (Å²) in [4.78, 5) is 0. The lowest BCUT2D eigenvalue weighted by molar-refractivity contribution is 0.403. The Hall–Kier alpha value is -4.24. The molecule has 0 bridgehead atoms. The van der Waals surface area contributed by atoms with Crippen LogP contribution in [0, 0.1) is 0 Å². The smallest absolute Gasteiger partial charge is 0.260 e. The largest absolute Gasteiger partial charge is 0.458 e. The molecule has 3 aliphatic rings. The lowest BCUT2D eigenvalue weighted by atomic mass is 9.34. The first-order chi connectivity index (χ1) is 19.3. The number of ether oxygens (including phenoxy) is 2. The van der Waals surface area contributed by atoms with Crippen molar-refractivity contribution in [2.75, 3.05) is 0 Å². The summed E-state index contributed by atoms with van der Waals surface area (Å²) in [6.07, 6.45) is 1.15. The minimum atomic E-state index is 0.0344. The van der Waals surface area contributed by atoms with Gasteiger partial charge in [0.05, 0.1) is 0 Å². The van der Waals surface area contributed by atoms with Gasteiger partial charge in [0.25, 0.3) is 6.71 Å². The molecule has 2 nitrogen and oxygen atoms in total. The monoisotopic (exact) mass is 518 g/mol. The zero-order valence-electron chi connectivity index (χ0n) is 23.4. The van der Waals surface area contributed by atoms with Crippen molar-refractivity contribution in [1.29, 1.82) is 0 Å². The van der Waals surface area contributed by atoms with Crippen LogP contribution in [-0.2, 0) is 10.8 Å². The highest BCUT2D eigenvalue weighted by molar-refractivity contribution is 6.98. The fourth-order valence-corrected chi connectivity index (χ4v) is 7.71. The molecule has 2 aliphatic heterocycles. The minimum absolute atomic E-state index is 0.0344. The van der Waals surface area contributed by atoms with E-state index in [4.69, 9.17) is 9.47 Å². The van der Waals surface area contributed by atoms with Gasteiger partial charge in [0.15, 0.2) is 0 Å². The van der Waals surface area contributed by atoms with Crippen LogP contribution in [0.1, 0.15) is 45.2 Å². The van der Waals surface area contributed by atoms with Gasteiger partial charge in [0.2, 0.25) is 0 Å². The second kappa shape index (κ2) is 8.14. The zero-order chi connectivity index (χ0) is 27.2. The van der Waals surface area contributed by atoms with E-state index in [9.17, 15) is 0 Å². The topological polar surface area (TPSA) is 18.5 Å². The molecular formula is C37H31BO2. The number of hydrogen-bond acceptors (Lipinski definition) is 2. The number of hydrogen-bond donors (Lipinski definition) is 0. The average molecular weight is 518 g/mol. The number of fused-ring (bicyclic) bond motifs is 5. The van der Waals surface area contributed by atoms with E-state index in [2.05, 4.69) is 125 Å². The van der Waals surface area contributed by atoms with Crippen LogP contribution in [0.2, 0.25) is 0 Å². The Morgan fingerprint density at radius 2 is 1.12 bits per heavy atom. The summed E-state index contributed by atoms with van der Waals surface area (Å²) in [5, 5.41) is 0. The average Bonchev–Trinajstić information content (AvgIpc) is 3.15. The molecule has 194 valence electrons. The van der Waals surface area contributed by atoms with Crippen LogP contribution in [0.3, 0.4) is 0 Å². The summed E-state index contributed by atoms with van der Waals surface area (Å²) in [5.41, 5.74) is 11.3. The third-order valence-electron chi connectivity index (χ3n) is 9.21. The Morgan fingerprint density at radius 1 is 0.550 bits per heavy atom. The molecule has 1 aliphatic carbocycles. The van der Waals surface area contributed by atoms with Crippen molar-refractivity contribution in [2.24, 2.45) is 0 Å². The summed E-state index contributed by atoms with van der Waals surface area (Å²) in [7, 11) is 0. The van der Waals surface area contributed by atoms with Crippen molar-refractivity contribution in [3.05, 3.63) is 114 Å². The highest BCUT2D eigenvalue weighted by atomic mass is 16.5. The lowest BCUT2D eigenvalue weighted by Gasteiger charge is -2.34. The van der Waals surface area contributed by atoms with Crippen LogP contribution in [0.5, 0.6) is 23.0 Å². The first kappa shape index (κ1) is 23.6. The van der Waals surface area contributed by atoms with Gasteiger partial charge in [-0.2, -0.15) is 0 Å². The van der Waals surface area contributed by atoms with E-state index in [1.165, 1.54) is 27.6 Å². The maximum Gasteiger partial charge on any atom is 0.260 e. The van der Waals surface area contributed by atoms with E-state index in [-0.39, 0.29) is 17.5 Å². The fourth-order valence-electron chi connectivity index (χ4n) is 7.71. The number of rotatable bonds is 2. The van der Waals surface area contributed by atoms with Gasteiger partial charge in [-0.25, -0.2) is 0 Å². The quantitative estimate of drug-likeness (QED) is 0.218. The second-order valence-corrected chi connectivity index (χ2v) is 12.8. The molecule has 0 amide bonds. The molecule has 40 heavy (non-hydrogen) atoms. The van der Waals surface area contributed by atoms with Crippen molar-refractivity contribution < 1.29 is 9.47 Å². The Kier molecular flexibility index (Phi) is 4.81. The normalized spacial score (nSPS) is 16.6. The van der Waals surface area contributed by atoms with Crippen molar-refractivity contribution in [1.82, 2.24) is 0 Å². The molecule has 3 heteroatoms. The Labute approximate surface area is 236 Å². The van der Waals surface area contributed by atoms with E-state index in [1.807, 2.05) is 6.07 Å². The summed E-state index contributed by atoms with van der Waals surface area (Å²) >= 11 is 0. The first-order valence-electron chi connectivity index (χ1n) is 14.3. The van der Waals surface area contributed by atoms with Crippen LogP contribution in [0.15, 0.2) is 103 Å². The van der Waals surface area contributed by atoms with E-state index in [1.54, 1.807) is 0 Å². The SMILES string of the molecule is CC1(C)CC(C)(C)c2cc(-c3cccc4c3Oc3cccc5c3B4c3cccc(-c4ccccc4)c3O5)ccc21. The molecule has 0 radical (unpaired) electrons. The summed E-state index contributed by atoms with van der Waals surface area (Å²) in [6.45, 7) is 9.53. The molecule has 0 spiro atoms. The van der Waals surface area contributed by atoms with Gasteiger partial charge in [-0.3, -0.25) is 0 Å². The highest BCUT2D eigenvalue weighted by Gasteiger charge is 2.43. The predicted octanol–water partition coefficient (Wildman–Crippen LogP) is 7.71. The molecule has 5 aromatic carbocycles. The number of benzene rings is 5. The van der Waals surface area contributed by atoms with Crippen molar-refractivity contribution in [3.63, 3.8) is 0 Å². The van der Waals surface area contributed by atoms with Crippen LogP contribution in [0.4, 0.5) is 0 Å². The van der Waals surface area contributed by atoms with E-state index in [0.29, 0.717) is 0 Å². The predicted molar refractivity (Wildman–Crippen MR) is 166 cm³/mol. The van der Waals surface area contributed by atoms with Gasteiger partial charge in [-0.15, -0.1) is 0 Å². The van der Waals surface area contributed by atoms with Crippen LogP contribution < -0.4 is 25.9 Å². The molecule has 0 N–H and O–H groups in total. The maximum atomic E-state index is 6.77. The lowest BCUT2D eigenvalue weighted by Crippen LogP contribution is -2.57. The van der Waals surface area contributed by atoms with Crippen LogP contribution >= 0.6 is 0 Å². The van der Waals surface area contributed by atoms with Crippen molar-refractivity contribution in [3.8, 4) is 45.3 Å². The van der Waals surface area contributed by atoms with Crippen molar-refractivity contribution in [2.45, 2.75) is 44.9 Å². The molecule has 0 atom stereocenters. The van der Waals surface area contributed by atoms with E-state index >= 15 is 0 Å². The second-order valence-electron chi connectivity index (χ2n) is 12.8. The number of para-hydroxylation sites is 2. The van der Waals surface area contributed by atoms with E-state index < -0.39 is 0 Å². The molecule has 2 heterocycles. The standard InChI is InChI=1S/C37H31BO2/c1-36(2)22-37(3,4)28-21-24(19-20-27(28)36)26-14-9-16-30-35(26)40-32-18-10-17-31-33(32)38(30)29-15-8-13-25(34(29)39-31)23-11-6-5-7-12-23/h5-21H,22H2,1-4H3. The summed E-state index contributed by atoms with van der Waals surface area (Å²) in [6, 6.07) is 36.9. The Balaban J connectivity index is 1.34. The minimum Gasteiger partial charge on any atom is -0.458 e.